The molecule has 2 atom stereocenters. The largest absolute Gasteiger partial charge is 0.324 e. The number of nitrogens with one attached hydrogen (secondary N) is 1. The van der Waals surface area contributed by atoms with Crippen molar-refractivity contribution in [2.24, 2.45) is 0 Å². The van der Waals surface area contributed by atoms with Crippen LogP contribution in [-0.4, -0.2) is 59.2 Å². The molecule has 3 aliphatic heterocycles. The monoisotopic (exact) mass is 443 g/mol. The summed E-state index contributed by atoms with van der Waals surface area (Å²) in [5.74, 6) is 0.208. The van der Waals surface area contributed by atoms with Crippen molar-refractivity contribution < 1.29 is 18.0 Å². The third kappa shape index (κ3) is 3.32. The number of benzene rings is 1. The first-order valence-electron chi connectivity index (χ1n) is 9.29. The molecule has 28 heavy (non-hydrogen) atoms. The van der Waals surface area contributed by atoms with Gasteiger partial charge in [-0.1, -0.05) is 11.6 Å². The van der Waals surface area contributed by atoms with Crippen molar-refractivity contribution in [3.8, 4) is 0 Å². The average molecular weight is 444 g/mol. The van der Waals surface area contributed by atoms with Crippen molar-refractivity contribution in [3.05, 3.63) is 23.2 Å². The van der Waals surface area contributed by atoms with E-state index in [-0.39, 0.29) is 26.6 Å². The lowest BCUT2D eigenvalue weighted by molar-refractivity contribution is -0.135. The van der Waals surface area contributed by atoms with E-state index in [9.17, 15) is 18.0 Å². The maximum Gasteiger partial charge on any atom is 0.248 e. The number of anilines is 1. The number of sulfonamides is 1. The number of amides is 2. The number of halogens is 1. The third-order valence-electron chi connectivity index (χ3n) is 5.63. The molecule has 0 bridgehead atoms. The van der Waals surface area contributed by atoms with Crippen LogP contribution in [0.1, 0.15) is 32.6 Å². The van der Waals surface area contributed by atoms with Crippen LogP contribution in [0, 0.1) is 0 Å². The number of fused-ring (bicyclic) bond motifs is 1. The van der Waals surface area contributed by atoms with Crippen LogP contribution in [0.25, 0.3) is 0 Å². The summed E-state index contributed by atoms with van der Waals surface area (Å²) in [5.41, 5.74) is 0.359. The van der Waals surface area contributed by atoms with Gasteiger partial charge >= 0.3 is 0 Å². The zero-order valence-corrected chi connectivity index (χ0v) is 17.9. The molecule has 1 aromatic rings. The van der Waals surface area contributed by atoms with Crippen LogP contribution < -0.4 is 5.32 Å². The van der Waals surface area contributed by atoms with E-state index in [1.807, 2.05) is 6.92 Å². The molecule has 152 valence electrons. The summed E-state index contributed by atoms with van der Waals surface area (Å²) in [4.78, 5) is 26.4. The van der Waals surface area contributed by atoms with Gasteiger partial charge in [-0.25, -0.2) is 8.42 Å². The summed E-state index contributed by atoms with van der Waals surface area (Å²) in [6, 6.07) is 3.91. The highest BCUT2D eigenvalue weighted by molar-refractivity contribution is 8.01. The van der Waals surface area contributed by atoms with Crippen LogP contribution in [0.15, 0.2) is 23.1 Å². The Balaban J connectivity index is 1.56. The van der Waals surface area contributed by atoms with Gasteiger partial charge in [0.25, 0.3) is 0 Å². The minimum atomic E-state index is -3.70. The van der Waals surface area contributed by atoms with Crippen molar-refractivity contribution in [1.82, 2.24) is 9.21 Å². The molecule has 3 fully saturated rings. The Labute approximate surface area is 173 Å². The second-order valence-electron chi connectivity index (χ2n) is 7.51. The first-order valence-corrected chi connectivity index (χ1v) is 12.1. The molecule has 2 amide bonds. The highest BCUT2D eigenvalue weighted by Crippen LogP contribution is 2.47. The van der Waals surface area contributed by atoms with E-state index in [1.165, 1.54) is 16.4 Å². The fraction of sp³-hybridized carbons (Fsp3) is 0.556. The standard InChI is InChI=1S/C18H22ClN3O4S2/c1-18-7-6-16(23)22(18)14(11-27-18)17(24)20-12-4-5-13(19)15(10-12)28(25,26)21-8-2-3-9-21/h4-5,10,14H,2-3,6-9,11H2,1H3,(H,20,24)/t14-,18+/m1/s1. The number of thioether (sulfide) groups is 1. The summed E-state index contributed by atoms with van der Waals surface area (Å²) < 4.78 is 27.1. The Morgan fingerprint density at radius 2 is 2.04 bits per heavy atom. The lowest BCUT2D eigenvalue weighted by atomic mass is 10.2. The summed E-state index contributed by atoms with van der Waals surface area (Å²) in [6.07, 6.45) is 2.84. The molecule has 4 rings (SSSR count). The molecular formula is C18H22ClN3O4S2. The van der Waals surface area contributed by atoms with E-state index in [4.69, 9.17) is 11.6 Å². The molecule has 1 aromatic carbocycles. The zero-order valence-electron chi connectivity index (χ0n) is 15.5. The van der Waals surface area contributed by atoms with E-state index in [0.717, 1.165) is 19.3 Å². The normalized spacial score (nSPS) is 28.0. The van der Waals surface area contributed by atoms with E-state index < -0.39 is 16.1 Å². The van der Waals surface area contributed by atoms with Gasteiger partial charge < -0.3 is 10.2 Å². The second-order valence-corrected chi connectivity index (χ2v) is 11.3. The molecule has 0 aromatic heterocycles. The molecule has 0 aliphatic carbocycles. The van der Waals surface area contributed by atoms with Crippen molar-refractivity contribution >= 4 is 50.9 Å². The van der Waals surface area contributed by atoms with Gasteiger partial charge in [-0.3, -0.25) is 9.59 Å². The summed E-state index contributed by atoms with van der Waals surface area (Å²) in [6.45, 7) is 2.94. The Kier molecular flexibility index (Phi) is 5.14. The van der Waals surface area contributed by atoms with Gasteiger partial charge in [0, 0.05) is 31.0 Å². The SMILES string of the molecule is C[C@]12CCC(=O)N1[C@@H](C(=O)Nc1ccc(Cl)c(S(=O)(=O)N3CCCC3)c1)CS2. The molecule has 0 saturated carbocycles. The van der Waals surface area contributed by atoms with Gasteiger partial charge in [0.1, 0.15) is 10.9 Å². The maximum atomic E-state index is 12.9. The van der Waals surface area contributed by atoms with Crippen LogP contribution in [0.2, 0.25) is 5.02 Å². The van der Waals surface area contributed by atoms with Gasteiger partial charge in [0.05, 0.1) is 9.89 Å². The summed E-state index contributed by atoms with van der Waals surface area (Å²) in [5, 5.41) is 2.91. The highest BCUT2D eigenvalue weighted by Gasteiger charge is 2.52. The molecule has 0 unspecified atom stereocenters. The van der Waals surface area contributed by atoms with Gasteiger partial charge in [-0.2, -0.15) is 4.31 Å². The third-order valence-corrected chi connectivity index (χ3v) is 9.51. The predicted molar refractivity (Wildman–Crippen MR) is 109 cm³/mol. The Morgan fingerprint density at radius 3 is 2.75 bits per heavy atom. The Morgan fingerprint density at radius 1 is 1.32 bits per heavy atom. The number of rotatable bonds is 4. The van der Waals surface area contributed by atoms with Crippen molar-refractivity contribution in [1.29, 1.82) is 0 Å². The van der Waals surface area contributed by atoms with E-state index in [0.29, 0.717) is 31.0 Å². The van der Waals surface area contributed by atoms with Crippen LogP contribution in [0.3, 0.4) is 0 Å². The van der Waals surface area contributed by atoms with E-state index in [2.05, 4.69) is 5.32 Å². The first kappa shape index (κ1) is 20.0. The maximum absolute atomic E-state index is 12.9. The molecule has 3 saturated heterocycles. The van der Waals surface area contributed by atoms with Gasteiger partial charge in [-0.15, -0.1) is 11.8 Å². The average Bonchev–Trinajstić information content (AvgIpc) is 3.35. The van der Waals surface area contributed by atoms with Gasteiger partial charge in [0.15, 0.2) is 0 Å². The number of hydrogen-bond acceptors (Lipinski definition) is 5. The van der Waals surface area contributed by atoms with Crippen LogP contribution in [0.4, 0.5) is 5.69 Å². The molecular weight excluding hydrogens is 422 g/mol. The second kappa shape index (κ2) is 7.19. The number of hydrogen-bond donors (Lipinski definition) is 1. The quantitative estimate of drug-likeness (QED) is 0.772. The fourth-order valence-corrected chi connectivity index (χ4v) is 7.54. The van der Waals surface area contributed by atoms with Crippen LogP contribution >= 0.6 is 23.4 Å². The van der Waals surface area contributed by atoms with Gasteiger partial charge in [0.2, 0.25) is 21.8 Å². The fourth-order valence-electron chi connectivity index (χ4n) is 4.09. The van der Waals surface area contributed by atoms with E-state index in [1.54, 1.807) is 22.7 Å². The van der Waals surface area contributed by atoms with E-state index >= 15 is 0 Å². The summed E-state index contributed by atoms with van der Waals surface area (Å²) >= 11 is 7.77. The molecule has 1 N–H and O–H groups in total. The minimum absolute atomic E-state index is 0.00301. The molecule has 0 spiro atoms. The topological polar surface area (TPSA) is 86.8 Å². The Hall–Kier alpha value is -1.29. The molecule has 10 heteroatoms. The molecule has 0 radical (unpaired) electrons. The van der Waals surface area contributed by atoms with Crippen LogP contribution in [0.5, 0.6) is 0 Å². The smallest absolute Gasteiger partial charge is 0.248 e. The number of nitrogens with zero attached hydrogens (tertiary/aromatic N) is 2. The number of carbonyl (C=O) groups excluding carboxylic acids is 2. The van der Waals surface area contributed by atoms with Gasteiger partial charge in [-0.05, 0) is 44.4 Å². The van der Waals surface area contributed by atoms with Crippen molar-refractivity contribution in [2.75, 3.05) is 24.2 Å². The number of carbonyl (C=O) groups is 2. The molecule has 7 nitrogen and oxygen atoms in total. The molecule has 3 heterocycles. The predicted octanol–water partition coefficient (Wildman–Crippen LogP) is 2.52. The lowest BCUT2D eigenvalue weighted by Gasteiger charge is -2.29. The van der Waals surface area contributed by atoms with Crippen LogP contribution in [-0.2, 0) is 19.6 Å². The Bertz CT molecular complexity index is 933. The lowest BCUT2D eigenvalue weighted by Crippen LogP contribution is -2.48. The zero-order chi connectivity index (χ0) is 20.1. The first-order chi connectivity index (χ1) is 13.2. The van der Waals surface area contributed by atoms with Crippen molar-refractivity contribution in [2.45, 2.75) is 48.4 Å². The minimum Gasteiger partial charge on any atom is -0.324 e. The molecule has 3 aliphatic rings. The summed E-state index contributed by atoms with van der Waals surface area (Å²) in [7, 11) is -3.70. The van der Waals surface area contributed by atoms with Crippen molar-refractivity contribution in [3.63, 3.8) is 0 Å². The highest BCUT2D eigenvalue weighted by atomic mass is 35.5.